The van der Waals surface area contributed by atoms with Crippen molar-refractivity contribution in [3.63, 3.8) is 0 Å². The fourth-order valence-electron chi connectivity index (χ4n) is 5.34. The highest BCUT2D eigenvalue weighted by Gasteiger charge is 2.13. The maximum absolute atomic E-state index is 2.41. The smallest absolute Gasteiger partial charge is 0.0559 e. The van der Waals surface area contributed by atoms with E-state index in [4.69, 9.17) is 0 Å². The zero-order valence-electron chi connectivity index (χ0n) is 17.9. The van der Waals surface area contributed by atoms with Crippen molar-refractivity contribution in [3.8, 4) is 0 Å². The minimum Gasteiger partial charge on any atom is -0.350 e. The normalized spacial score (nSPS) is 12.2. The molecule has 0 saturated heterocycles. The summed E-state index contributed by atoms with van der Waals surface area (Å²) in [6.07, 6.45) is 5.77. The molecule has 0 unspecified atom stereocenters. The summed E-state index contributed by atoms with van der Waals surface area (Å²) in [5.74, 6) is 0. The van der Waals surface area contributed by atoms with Gasteiger partial charge < -0.3 is 9.13 Å². The van der Waals surface area contributed by atoms with Gasteiger partial charge in [0.1, 0.15) is 0 Å². The summed E-state index contributed by atoms with van der Waals surface area (Å²) < 4.78 is 4.64. The SMILES string of the molecule is CCCCc1cc2ccc3c4ccc5c(ccc6ccn(C)c65)c4ccc3c2n1C. The number of fused-ring (bicyclic) bond motifs is 9. The average molecular weight is 391 g/mol. The lowest BCUT2D eigenvalue weighted by Gasteiger charge is -2.11. The quantitative estimate of drug-likeness (QED) is 0.277. The van der Waals surface area contributed by atoms with Crippen LogP contribution in [0.25, 0.3) is 54.1 Å². The van der Waals surface area contributed by atoms with Gasteiger partial charge in [-0.25, -0.2) is 0 Å². The molecule has 0 aliphatic carbocycles. The van der Waals surface area contributed by atoms with Gasteiger partial charge in [0.15, 0.2) is 0 Å². The van der Waals surface area contributed by atoms with Gasteiger partial charge in [-0.2, -0.15) is 0 Å². The largest absolute Gasteiger partial charge is 0.350 e. The van der Waals surface area contributed by atoms with Crippen LogP contribution in [-0.2, 0) is 20.5 Å². The van der Waals surface area contributed by atoms with E-state index in [2.05, 4.69) is 97.0 Å². The highest BCUT2D eigenvalue weighted by Crippen LogP contribution is 2.37. The fourth-order valence-corrected chi connectivity index (χ4v) is 5.34. The standard InChI is InChI=1S/C28H26N2/c1-4-5-6-20-17-19-8-10-24-22-11-13-25-23(9-7-18-15-16-29(2)27(18)25)21(22)12-14-26(24)28(19)30(20)3/h7-17H,4-6H2,1-3H3. The Bertz CT molecular complexity index is 1590. The molecule has 2 nitrogen and oxygen atoms in total. The van der Waals surface area contributed by atoms with Crippen LogP contribution in [0.15, 0.2) is 66.9 Å². The second kappa shape index (κ2) is 6.37. The molecule has 0 saturated carbocycles. The number of unbranched alkanes of at least 4 members (excludes halogenated alkanes) is 1. The van der Waals surface area contributed by atoms with Crippen molar-refractivity contribution in [1.82, 2.24) is 9.13 Å². The lowest BCUT2D eigenvalue weighted by atomic mass is 9.95. The minimum atomic E-state index is 1.15. The van der Waals surface area contributed by atoms with Crippen LogP contribution >= 0.6 is 0 Å². The molecule has 148 valence electrons. The topological polar surface area (TPSA) is 9.86 Å². The first-order valence-corrected chi connectivity index (χ1v) is 11.0. The number of nitrogens with zero attached hydrogens (tertiary/aromatic N) is 2. The monoisotopic (exact) mass is 390 g/mol. The van der Waals surface area contributed by atoms with Gasteiger partial charge in [-0.05, 0) is 46.5 Å². The predicted molar refractivity (Wildman–Crippen MR) is 131 cm³/mol. The van der Waals surface area contributed by atoms with Crippen LogP contribution in [0.4, 0.5) is 0 Å². The predicted octanol–water partition coefficient (Wildman–Crippen LogP) is 7.47. The van der Waals surface area contributed by atoms with E-state index in [9.17, 15) is 0 Å². The van der Waals surface area contributed by atoms with E-state index in [0.717, 1.165) is 6.42 Å². The number of aryl methyl sites for hydroxylation is 3. The van der Waals surface area contributed by atoms with E-state index in [-0.39, 0.29) is 0 Å². The summed E-state index contributed by atoms with van der Waals surface area (Å²) in [4.78, 5) is 0. The molecule has 0 aliphatic heterocycles. The van der Waals surface area contributed by atoms with Gasteiger partial charge in [-0.3, -0.25) is 0 Å². The molecule has 2 aromatic heterocycles. The Labute approximate surface area is 176 Å². The third-order valence-corrected chi connectivity index (χ3v) is 6.91. The van der Waals surface area contributed by atoms with Crippen molar-refractivity contribution in [1.29, 1.82) is 0 Å². The highest BCUT2D eigenvalue weighted by atomic mass is 14.9. The van der Waals surface area contributed by atoms with E-state index >= 15 is 0 Å². The maximum atomic E-state index is 2.41. The molecule has 0 amide bonds. The second-order valence-electron chi connectivity index (χ2n) is 8.65. The third-order valence-electron chi connectivity index (χ3n) is 6.91. The van der Waals surface area contributed by atoms with E-state index in [1.807, 2.05) is 0 Å². The van der Waals surface area contributed by atoms with Crippen molar-refractivity contribution in [2.24, 2.45) is 14.1 Å². The van der Waals surface area contributed by atoms with Crippen LogP contribution in [0.3, 0.4) is 0 Å². The number of rotatable bonds is 3. The Balaban J connectivity index is 1.69. The van der Waals surface area contributed by atoms with Gasteiger partial charge >= 0.3 is 0 Å². The van der Waals surface area contributed by atoms with Crippen LogP contribution < -0.4 is 0 Å². The van der Waals surface area contributed by atoms with E-state index in [1.165, 1.54) is 72.7 Å². The van der Waals surface area contributed by atoms with Crippen molar-refractivity contribution >= 4 is 54.1 Å². The lowest BCUT2D eigenvalue weighted by molar-refractivity contribution is 0.743. The van der Waals surface area contributed by atoms with Gasteiger partial charge in [-0.1, -0.05) is 61.9 Å². The van der Waals surface area contributed by atoms with Gasteiger partial charge in [0.2, 0.25) is 0 Å². The molecule has 30 heavy (non-hydrogen) atoms. The van der Waals surface area contributed by atoms with Crippen LogP contribution in [0, 0.1) is 0 Å². The first-order chi connectivity index (χ1) is 14.7. The Hall–Kier alpha value is -3.26. The molecule has 0 radical (unpaired) electrons. The summed E-state index contributed by atoms with van der Waals surface area (Å²) in [5.41, 5.74) is 4.11. The van der Waals surface area contributed by atoms with E-state index < -0.39 is 0 Å². The number of hydrogen-bond acceptors (Lipinski definition) is 0. The summed E-state index contributed by atoms with van der Waals surface area (Å²) in [6, 6.07) is 23.0. The zero-order valence-corrected chi connectivity index (χ0v) is 17.9. The maximum Gasteiger partial charge on any atom is 0.0559 e. The first-order valence-electron chi connectivity index (χ1n) is 11.0. The van der Waals surface area contributed by atoms with Gasteiger partial charge in [0.25, 0.3) is 0 Å². The number of aromatic nitrogens is 2. The van der Waals surface area contributed by atoms with Crippen molar-refractivity contribution < 1.29 is 0 Å². The van der Waals surface area contributed by atoms with Crippen LogP contribution in [0.1, 0.15) is 25.5 Å². The average Bonchev–Trinajstić information content (AvgIpc) is 3.31. The van der Waals surface area contributed by atoms with Gasteiger partial charge in [0.05, 0.1) is 11.0 Å². The molecule has 6 aromatic rings. The van der Waals surface area contributed by atoms with Crippen LogP contribution in [0.2, 0.25) is 0 Å². The molecule has 0 fully saturated rings. The molecule has 0 bridgehead atoms. The molecule has 6 rings (SSSR count). The van der Waals surface area contributed by atoms with Crippen molar-refractivity contribution in [2.45, 2.75) is 26.2 Å². The number of benzene rings is 4. The Morgan fingerprint density at radius 2 is 1.20 bits per heavy atom. The van der Waals surface area contributed by atoms with Gasteiger partial charge in [0, 0.05) is 47.5 Å². The summed E-state index contributed by atoms with van der Waals surface area (Å²) in [7, 11) is 4.36. The molecule has 2 heteroatoms. The summed E-state index contributed by atoms with van der Waals surface area (Å²) in [6.45, 7) is 2.26. The molecular formula is C28H26N2. The Kier molecular flexibility index (Phi) is 3.73. The van der Waals surface area contributed by atoms with Crippen molar-refractivity contribution in [2.75, 3.05) is 0 Å². The summed E-state index contributed by atoms with van der Waals surface area (Å²) in [5, 5.41) is 10.7. The zero-order chi connectivity index (χ0) is 20.4. The molecule has 0 aliphatic rings. The lowest BCUT2D eigenvalue weighted by Crippen LogP contribution is -1.96. The molecular weight excluding hydrogens is 364 g/mol. The highest BCUT2D eigenvalue weighted by molar-refractivity contribution is 6.24. The number of hydrogen-bond donors (Lipinski definition) is 0. The Morgan fingerprint density at radius 1 is 0.633 bits per heavy atom. The molecule has 4 aromatic carbocycles. The van der Waals surface area contributed by atoms with E-state index in [0.29, 0.717) is 0 Å². The molecule has 0 N–H and O–H groups in total. The minimum absolute atomic E-state index is 1.15. The molecule has 0 spiro atoms. The fraction of sp³-hybridized carbons (Fsp3) is 0.214. The first kappa shape index (κ1) is 17.6. The van der Waals surface area contributed by atoms with E-state index in [1.54, 1.807) is 0 Å². The van der Waals surface area contributed by atoms with Crippen LogP contribution in [-0.4, -0.2) is 9.13 Å². The molecule has 2 heterocycles. The van der Waals surface area contributed by atoms with Gasteiger partial charge in [-0.15, -0.1) is 0 Å². The third kappa shape index (κ3) is 2.31. The summed E-state index contributed by atoms with van der Waals surface area (Å²) >= 11 is 0. The van der Waals surface area contributed by atoms with Crippen LogP contribution in [0.5, 0.6) is 0 Å². The second-order valence-corrected chi connectivity index (χ2v) is 8.65. The van der Waals surface area contributed by atoms with Crippen molar-refractivity contribution in [3.05, 3.63) is 72.6 Å². The Morgan fingerprint density at radius 3 is 1.90 bits per heavy atom. The molecule has 0 atom stereocenters.